The molecule has 0 N–H and O–H groups in total. The highest BCUT2D eigenvalue weighted by Gasteiger charge is 2.51. The average Bonchev–Trinajstić information content (AvgIpc) is 3.09. The van der Waals surface area contributed by atoms with E-state index in [0.29, 0.717) is 10.8 Å². The summed E-state index contributed by atoms with van der Waals surface area (Å²) in [5, 5.41) is 0. The monoisotopic (exact) mass is 240 g/mol. The zero-order valence-electron chi connectivity index (χ0n) is 11.4. The highest BCUT2D eigenvalue weighted by molar-refractivity contribution is 5.74. The number of nitrogens with zero attached hydrogens (tertiary/aromatic N) is 2. The molecule has 1 aromatic carbocycles. The first-order valence-electron chi connectivity index (χ1n) is 6.70. The van der Waals surface area contributed by atoms with Gasteiger partial charge in [-0.3, -0.25) is 9.97 Å². The van der Waals surface area contributed by atoms with Crippen LogP contribution in [0.4, 0.5) is 0 Å². The van der Waals surface area contributed by atoms with E-state index in [-0.39, 0.29) is 0 Å². The summed E-state index contributed by atoms with van der Waals surface area (Å²) in [6.07, 6.45) is 7.40. The van der Waals surface area contributed by atoms with Gasteiger partial charge in [-0.2, -0.15) is 0 Å². The van der Waals surface area contributed by atoms with Crippen molar-refractivity contribution in [3.63, 3.8) is 0 Å². The molecule has 0 spiro atoms. The van der Waals surface area contributed by atoms with Gasteiger partial charge in [-0.25, -0.2) is 0 Å². The lowest BCUT2D eigenvalue weighted by Gasteiger charge is -2.31. The van der Waals surface area contributed by atoms with Gasteiger partial charge in [0, 0.05) is 12.4 Å². The molecular weight excluding hydrogens is 220 g/mol. The first-order valence-corrected chi connectivity index (χ1v) is 6.70. The molecule has 94 valence electrons. The number of rotatable bonds is 2. The van der Waals surface area contributed by atoms with Crippen molar-refractivity contribution >= 4 is 11.0 Å². The SMILES string of the molecule is CC(C)(C)C1(Cc2ccc3nccnc3c2)CC1. The maximum Gasteiger partial charge on any atom is 0.0889 e. The van der Waals surface area contributed by atoms with Crippen molar-refractivity contribution in [3.05, 3.63) is 36.2 Å². The minimum atomic E-state index is 0.393. The van der Waals surface area contributed by atoms with Crippen LogP contribution in [0, 0.1) is 10.8 Å². The van der Waals surface area contributed by atoms with E-state index in [9.17, 15) is 0 Å². The number of benzene rings is 1. The molecule has 1 aromatic heterocycles. The Morgan fingerprint density at radius 2 is 1.72 bits per heavy atom. The second kappa shape index (κ2) is 3.78. The fraction of sp³-hybridized carbons (Fsp3) is 0.500. The second-order valence-electron chi connectivity index (χ2n) is 6.59. The predicted octanol–water partition coefficient (Wildman–Crippen LogP) is 4.00. The Hall–Kier alpha value is -1.44. The Morgan fingerprint density at radius 1 is 1.06 bits per heavy atom. The zero-order valence-corrected chi connectivity index (χ0v) is 11.4. The molecule has 3 rings (SSSR count). The normalized spacial score (nSPS) is 17.9. The van der Waals surface area contributed by atoms with Gasteiger partial charge in [0.05, 0.1) is 11.0 Å². The van der Waals surface area contributed by atoms with Crippen molar-refractivity contribution < 1.29 is 0 Å². The third-order valence-electron chi connectivity index (χ3n) is 4.52. The molecular formula is C16H20N2. The largest absolute Gasteiger partial charge is 0.253 e. The maximum absolute atomic E-state index is 4.39. The quantitative estimate of drug-likeness (QED) is 0.793. The third kappa shape index (κ3) is 1.90. The number of hydrogen-bond donors (Lipinski definition) is 0. The molecule has 18 heavy (non-hydrogen) atoms. The molecule has 2 aromatic rings. The lowest BCUT2D eigenvalue weighted by molar-refractivity contribution is 0.212. The minimum Gasteiger partial charge on any atom is -0.253 e. The van der Waals surface area contributed by atoms with E-state index in [1.54, 1.807) is 12.4 Å². The van der Waals surface area contributed by atoms with Gasteiger partial charge in [0.15, 0.2) is 0 Å². The Balaban J connectivity index is 1.92. The molecule has 2 heteroatoms. The molecule has 0 radical (unpaired) electrons. The van der Waals surface area contributed by atoms with Crippen LogP contribution in [-0.2, 0) is 6.42 Å². The molecule has 0 atom stereocenters. The Morgan fingerprint density at radius 3 is 2.33 bits per heavy atom. The topological polar surface area (TPSA) is 25.8 Å². The summed E-state index contributed by atoms with van der Waals surface area (Å²) in [5.74, 6) is 0. The van der Waals surface area contributed by atoms with Crippen LogP contribution in [0.5, 0.6) is 0 Å². The molecule has 0 amide bonds. The summed E-state index contributed by atoms with van der Waals surface area (Å²) in [6, 6.07) is 6.51. The van der Waals surface area contributed by atoms with E-state index in [1.165, 1.54) is 24.8 Å². The fourth-order valence-corrected chi connectivity index (χ4v) is 2.85. The fourth-order valence-electron chi connectivity index (χ4n) is 2.85. The summed E-state index contributed by atoms with van der Waals surface area (Å²) >= 11 is 0. The van der Waals surface area contributed by atoms with E-state index in [4.69, 9.17) is 0 Å². The van der Waals surface area contributed by atoms with E-state index in [0.717, 1.165) is 11.0 Å². The molecule has 1 heterocycles. The Kier molecular flexibility index (Phi) is 2.44. The maximum atomic E-state index is 4.39. The van der Waals surface area contributed by atoms with Gasteiger partial charge >= 0.3 is 0 Å². The molecule has 0 saturated heterocycles. The van der Waals surface area contributed by atoms with E-state index >= 15 is 0 Å². The van der Waals surface area contributed by atoms with Crippen LogP contribution < -0.4 is 0 Å². The Labute approximate surface area is 108 Å². The number of fused-ring (bicyclic) bond motifs is 1. The van der Waals surface area contributed by atoms with Crippen molar-refractivity contribution in [1.82, 2.24) is 9.97 Å². The molecule has 1 saturated carbocycles. The van der Waals surface area contributed by atoms with E-state index in [2.05, 4.69) is 48.9 Å². The van der Waals surface area contributed by atoms with Crippen LogP contribution in [0.3, 0.4) is 0 Å². The van der Waals surface area contributed by atoms with Crippen LogP contribution in [0.25, 0.3) is 11.0 Å². The molecule has 0 unspecified atom stereocenters. The third-order valence-corrected chi connectivity index (χ3v) is 4.52. The Bertz CT molecular complexity index is 577. The van der Waals surface area contributed by atoms with Gasteiger partial charge in [0.2, 0.25) is 0 Å². The van der Waals surface area contributed by atoms with Crippen LogP contribution in [0.15, 0.2) is 30.6 Å². The lowest BCUT2D eigenvalue weighted by atomic mass is 9.74. The predicted molar refractivity (Wildman–Crippen MR) is 74.4 cm³/mol. The van der Waals surface area contributed by atoms with Crippen LogP contribution in [0.1, 0.15) is 39.2 Å². The summed E-state index contributed by atoms with van der Waals surface area (Å²) in [4.78, 5) is 8.71. The molecule has 1 aliphatic carbocycles. The summed E-state index contributed by atoms with van der Waals surface area (Å²) in [7, 11) is 0. The second-order valence-corrected chi connectivity index (χ2v) is 6.59. The highest BCUT2D eigenvalue weighted by atomic mass is 14.8. The van der Waals surface area contributed by atoms with Gasteiger partial charge in [0.25, 0.3) is 0 Å². The molecule has 0 aliphatic heterocycles. The number of hydrogen-bond acceptors (Lipinski definition) is 2. The van der Waals surface area contributed by atoms with Gasteiger partial charge in [0.1, 0.15) is 0 Å². The molecule has 1 aliphatic rings. The summed E-state index contributed by atoms with van der Waals surface area (Å²) in [6.45, 7) is 7.09. The van der Waals surface area contributed by atoms with Crippen molar-refractivity contribution in [3.8, 4) is 0 Å². The van der Waals surface area contributed by atoms with E-state index < -0.39 is 0 Å². The standard InChI is InChI=1S/C16H20N2/c1-15(2,3)16(6-7-16)11-12-4-5-13-14(10-12)18-9-8-17-13/h4-5,8-10H,6-7,11H2,1-3H3. The van der Waals surface area contributed by atoms with Crippen LogP contribution in [-0.4, -0.2) is 9.97 Å². The molecule has 2 nitrogen and oxygen atoms in total. The number of aromatic nitrogens is 2. The first-order chi connectivity index (χ1) is 8.50. The summed E-state index contributed by atoms with van der Waals surface area (Å²) in [5.41, 5.74) is 4.30. The van der Waals surface area contributed by atoms with Crippen LogP contribution in [0.2, 0.25) is 0 Å². The highest BCUT2D eigenvalue weighted by Crippen LogP contribution is 2.60. The summed E-state index contributed by atoms with van der Waals surface area (Å²) < 4.78 is 0. The van der Waals surface area contributed by atoms with Crippen LogP contribution >= 0.6 is 0 Å². The average molecular weight is 240 g/mol. The van der Waals surface area contributed by atoms with E-state index in [1.807, 2.05) is 0 Å². The van der Waals surface area contributed by atoms with Gasteiger partial charge in [-0.05, 0) is 47.8 Å². The smallest absolute Gasteiger partial charge is 0.0889 e. The zero-order chi connectivity index (χ0) is 12.8. The van der Waals surface area contributed by atoms with Crippen molar-refractivity contribution in [2.75, 3.05) is 0 Å². The molecule has 0 bridgehead atoms. The van der Waals surface area contributed by atoms with Gasteiger partial charge in [-0.1, -0.05) is 26.8 Å². The minimum absolute atomic E-state index is 0.393. The van der Waals surface area contributed by atoms with Crippen molar-refractivity contribution in [2.45, 2.75) is 40.0 Å². The van der Waals surface area contributed by atoms with Gasteiger partial charge in [-0.15, -0.1) is 0 Å². The van der Waals surface area contributed by atoms with Gasteiger partial charge < -0.3 is 0 Å². The van der Waals surface area contributed by atoms with Crippen molar-refractivity contribution in [1.29, 1.82) is 0 Å². The molecule has 1 fully saturated rings. The van der Waals surface area contributed by atoms with Crippen molar-refractivity contribution in [2.24, 2.45) is 10.8 Å². The first kappa shape index (κ1) is 11.6. The lowest BCUT2D eigenvalue weighted by Crippen LogP contribution is -2.24.